The number of aromatic nitrogens is 1. The SMILES string of the molecule is CSCCC(C)NCc1nc(C)ccc1O. The average Bonchev–Trinajstić information content (AvgIpc) is 2.27. The van der Waals surface area contributed by atoms with Crippen molar-refractivity contribution < 1.29 is 5.11 Å². The van der Waals surface area contributed by atoms with E-state index in [1.54, 1.807) is 6.07 Å². The first-order chi connectivity index (χ1) is 7.63. The predicted molar refractivity (Wildman–Crippen MR) is 69.9 cm³/mol. The molecule has 0 fully saturated rings. The molecule has 1 atom stereocenters. The molecule has 4 heteroatoms. The van der Waals surface area contributed by atoms with Crippen LogP contribution in [0.1, 0.15) is 24.7 Å². The summed E-state index contributed by atoms with van der Waals surface area (Å²) in [6, 6.07) is 3.97. The number of nitrogens with one attached hydrogen (secondary N) is 1. The van der Waals surface area contributed by atoms with E-state index in [2.05, 4.69) is 23.5 Å². The van der Waals surface area contributed by atoms with Crippen molar-refractivity contribution in [1.82, 2.24) is 10.3 Å². The zero-order valence-electron chi connectivity index (χ0n) is 10.2. The predicted octanol–water partition coefficient (Wildman–Crippen LogP) is 2.33. The van der Waals surface area contributed by atoms with Crippen LogP contribution in [0, 0.1) is 6.92 Å². The van der Waals surface area contributed by atoms with Crippen LogP contribution >= 0.6 is 11.8 Å². The van der Waals surface area contributed by atoms with Crippen molar-refractivity contribution in [2.75, 3.05) is 12.0 Å². The van der Waals surface area contributed by atoms with Gasteiger partial charge < -0.3 is 10.4 Å². The van der Waals surface area contributed by atoms with Gasteiger partial charge in [-0.2, -0.15) is 11.8 Å². The van der Waals surface area contributed by atoms with Gasteiger partial charge in [0.1, 0.15) is 5.75 Å². The lowest BCUT2D eigenvalue weighted by Gasteiger charge is -2.13. The summed E-state index contributed by atoms with van der Waals surface area (Å²) < 4.78 is 0. The number of hydrogen-bond donors (Lipinski definition) is 2. The minimum absolute atomic E-state index is 0.273. The van der Waals surface area contributed by atoms with E-state index in [0.717, 1.165) is 23.6 Å². The fourth-order valence-electron chi connectivity index (χ4n) is 1.40. The van der Waals surface area contributed by atoms with Gasteiger partial charge in [0.05, 0.1) is 5.69 Å². The molecule has 0 bridgehead atoms. The van der Waals surface area contributed by atoms with Crippen LogP contribution in [0.3, 0.4) is 0 Å². The molecule has 0 aliphatic rings. The lowest BCUT2D eigenvalue weighted by Crippen LogP contribution is -2.26. The highest BCUT2D eigenvalue weighted by atomic mass is 32.2. The second-order valence-corrected chi connectivity index (χ2v) is 4.97. The van der Waals surface area contributed by atoms with Crippen molar-refractivity contribution in [3.63, 3.8) is 0 Å². The lowest BCUT2D eigenvalue weighted by molar-refractivity contribution is 0.451. The van der Waals surface area contributed by atoms with Crippen molar-refractivity contribution in [3.8, 4) is 5.75 Å². The molecule has 0 radical (unpaired) electrons. The van der Waals surface area contributed by atoms with Gasteiger partial charge in [0.25, 0.3) is 0 Å². The van der Waals surface area contributed by atoms with Crippen LogP contribution in [0.2, 0.25) is 0 Å². The highest BCUT2D eigenvalue weighted by molar-refractivity contribution is 7.98. The van der Waals surface area contributed by atoms with Gasteiger partial charge in [-0.1, -0.05) is 0 Å². The molecule has 16 heavy (non-hydrogen) atoms. The number of aryl methyl sites for hydroxylation is 1. The number of nitrogens with zero attached hydrogens (tertiary/aromatic N) is 1. The van der Waals surface area contributed by atoms with E-state index >= 15 is 0 Å². The number of hydrogen-bond acceptors (Lipinski definition) is 4. The van der Waals surface area contributed by atoms with Gasteiger partial charge in [0.2, 0.25) is 0 Å². The molecule has 0 aliphatic carbocycles. The lowest BCUT2D eigenvalue weighted by atomic mass is 10.2. The van der Waals surface area contributed by atoms with Crippen molar-refractivity contribution in [2.24, 2.45) is 0 Å². The van der Waals surface area contributed by atoms with Crippen molar-refractivity contribution in [1.29, 1.82) is 0 Å². The normalized spacial score (nSPS) is 12.7. The Bertz CT molecular complexity index is 331. The number of thioether (sulfide) groups is 1. The van der Waals surface area contributed by atoms with E-state index in [-0.39, 0.29) is 5.75 Å². The maximum atomic E-state index is 9.62. The fourth-order valence-corrected chi connectivity index (χ4v) is 1.99. The summed E-state index contributed by atoms with van der Waals surface area (Å²) in [5.41, 5.74) is 1.67. The van der Waals surface area contributed by atoms with Gasteiger partial charge >= 0.3 is 0 Å². The minimum Gasteiger partial charge on any atom is -0.506 e. The van der Waals surface area contributed by atoms with Crippen LogP contribution < -0.4 is 5.32 Å². The van der Waals surface area contributed by atoms with Crippen molar-refractivity contribution in [3.05, 3.63) is 23.5 Å². The first-order valence-electron chi connectivity index (χ1n) is 5.51. The Hall–Kier alpha value is -0.740. The summed E-state index contributed by atoms with van der Waals surface area (Å²) in [5, 5.41) is 13.0. The highest BCUT2D eigenvalue weighted by Gasteiger charge is 2.05. The van der Waals surface area contributed by atoms with Crippen molar-refractivity contribution in [2.45, 2.75) is 32.9 Å². The molecular formula is C12H20N2OS. The topological polar surface area (TPSA) is 45.2 Å². The van der Waals surface area contributed by atoms with Gasteiger partial charge in [0.15, 0.2) is 0 Å². The summed E-state index contributed by atoms with van der Waals surface area (Å²) in [4.78, 5) is 4.31. The monoisotopic (exact) mass is 240 g/mol. The molecule has 3 nitrogen and oxygen atoms in total. The average molecular weight is 240 g/mol. The van der Waals surface area contributed by atoms with Crippen LogP contribution in [-0.4, -0.2) is 28.1 Å². The van der Waals surface area contributed by atoms with Crippen LogP contribution in [0.25, 0.3) is 0 Å². The molecule has 1 aromatic rings. The summed E-state index contributed by atoms with van der Waals surface area (Å²) >= 11 is 1.85. The molecule has 0 aliphatic heterocycles. The Morgan fingerprint density at radius 3 is 2.94 bits per heavy atom. The molecule has 0 amide bonds. The van der Waals surface area contributed by atoms with E-state index in [1.807, 2.05) is 24.8 Å². The van der Waals surface area contributed by atoms with E-state index in [1.165, 1.54) is 0 Å². The third-order valence-electron chi connectivity index (χ3n) is 2.46. The maximum Gasteiger partial charge on any atom is 0.138 e. The number of aromatic hydroxyl groups is 1. The highest BCUT2D eigenvalue weighted by Crippen LogP contribution is 2.14. The zero-order valence-corrected chi connectivity index (χ0v) is 11.0. The number of pyridine rings is 1. The molecule has 0 spiro atoms. The van der Waals surface area contributed by atoms with Crippen LogP contribution in [0.4, 0.5) is 0 Å². The van der Waals surface area contributed by atoms with Gasteiger partial charge in [-0.05, 0) is 44.4 Å². The van der Waals surface area contributed by atoms with E-state index in [9.17, 15) is 5.11 Å². The maximum absolute atomic E-state index is 9.62. The first kappa shape index (κ1) is 13.3. The zero-order chi connectivity index (χ0) is 12.0. The Morgan fingerprint density at radius 2 is 2.25 bits per heavy atom. The Balaban J connectivity index is 2.44. The summed E-state index contributed by atoms with van der Waals surface area (Å²) in [6.07, 6.45) is 3.24. The molecule has 0 saturated carbocycles. The molecule has 0 aromatic carbocycles. The third-order valence-corrected chi connectivity index (χ3v) is 3.11. The van der Waals surface area contributed by atoms with Crippen molar-refractivity contribution >= 4 is 11.8 Å². The van der Waals surface area contributed by atoms with E-state index in [4.69, 9.17) is 0 Å². The smallest absolute Gasteiger partial charge is 0.138 e. The quantitative estimate of drug-likeness (QED) is 0.801. The van der Waals surface area contributed by atoms with E-state index < -0.39 is 0 Å². The fraction of sp³-hybridized carbons (Fsp3) is 0.583. The van der Waals surface area contributed by atoms with Crippen LogP contribution in [0.5, 0.6) is 5.75 Å². The molecular weight excluding hydrogens is 220 g/mol. The third kappa shape index (κ3) is 4.41. The molecule has 1 aromatic heterocycles. The van der Waals surface area contributed by atoms with E-state index in [0.29, 0.717) is 12.6 Å². The van der Waals surface area contributed by atoms with Crippen LogP contribution in [0.15, 0.2) is 12.1 Å². The van der Waals surface area contributed by atoms with Gasteiger partial charge in [-0.3, -0.25) is 4.98 Å². The second kappa shape index (κ2) is 6.76. The van der Waals surface area contributed by atoms with Gasteiger partial charge in [0, 0.05) is 18.3 Å². The largest absolute Gasteiger partial charge is 0.506 e. The summed E-state index contributed by atoms with van der Waals surface area (Å²) in [5.74, 6) is 1.43. The molecule has 1 rings (SSSR count). The summed E-state index contributed by atoms with van der Waals surface area (Å²) in [6.45, 7) is 4.71. The standard InChI is InChI=1S/C12H20N2OS/c1-9(6-7-16-3)13-8-11-12(15)5-4-10(2)14-11/h4-5,9,13,15H,6-8H2,1-3H3. The Kier molecular flexibility index (Phi) is 5.63. The molecule has 90 valence electrons. The number of rotatable bonds is 6. The van der Waals surface area contributed by atoms with Gasteiger partial charge in [-0.15, -0.1) is 0 Å². The minimum atomic E-state index is 0.273. The second-order valence-electron chi connectivity index (χ2n) is 3.98. The molecule has 0 saturated heterocycles. The summed E-state index contributed by atoms with van der Waals surface area (Å²) in [7, 11) is 0. The molecule has 1 unspecified atom stereocenters. The van der Waals surface area contributed by atoms with Gasteiger partial charge in [-0.25, -0.2) is 0 Å². The molecule has 2 N–H and O–H groups in total. The van der Waals surface area contributed by atoms with Crippen LogP contribution in [-0.2, 0) is 6.54 Å². The Morgan fingerprint density at radius 1 is 1.50 bits per heavy atom. The molecule has 1 heterocycles. The Labute approximate surface area is 102 Å². The first-order valence-corrected chi connectivity index (χ1v) is 6.90.